The summed E-state index contributed by atoms with van der Waals surface area (Å²) in [5.41, 5.74) is 0.977. The fourth-order valence-electron chi connectivity index (χ4n) is 2.09. The summed E-state index contributed by atoms with van der Waals surface area (Å²) in [6.45, 7) is 0. The van der Waals surface area contributed by atoms with E-state index in [1.807, 2.05) is 12.1 Å². The van der Waals surface area contributed by atoms with Gasteiger partial charge in [-0.1, -0.05) is 24.3 Å². The van der Waals surface area contributed by atoms with Gasteiger partial charge in [0.2, 0.25) is 0 Å². The van der Waals surface area contributed by atoms with Crippen LogP contribution < -0.4 is 0 Å². The lowest BCUT2D eigenvalue weighted by Crippen LogP contribution is -2.04. The predicted molar refractivity (Wildman–Crippen MR) is 93.5 cm³/mol. The van der Waals surface area contributed by atoms with Crippen LogP contribution in [0.3, 0.4) is 0 Å². The van der Waals surface area contributed by atoms with Gasteiger partial charge in [0.25, 0.3) is 0 Å². The van der Waals surface area contributed by atoms with Crippen LogP contribution in [0, 0.1) is 0 Å². The van der Waals surface area contributed by atoms with Crippen molar-refractivity contribution in [2.45, 2.75) is 17.7 Å². The molecule has 3 aromatic rings. The molecule has 130 valence electrons. The number of nitrogens with zero attached hydrogens (tertiary/aromatic N) is 2. The normalized spacial score (nSPS) is 11.6. The Kier molecular flexibility index (Phi) is 5.29. The van der Waals surface area contributed by atoms with Crippen LogP contribution in [0.15, 0.2) is 48.5 Å². The molecule has 8 heteroatoms. The van der Waals surface area contributed by atoms with E-state index >= 15 is 0 Å². The van der Waals surface area contributed by atoms with Gasteiger partial charge in [-0.25, -0.2) is 4.98 Å². The standard InChI is InChI=1S/C17H13F3N2OS2/c18-17(19,20)13-5-3-12(4-6-13)16-21-15(25-22-16)10-24-9-11-1-7-14(23)8-2-11/h1-8,23H,9-10H2. The molecule has 0 unspecified atom stereocenters. The molecule has 2 aromatic carbocycles. The van der Waals surface area contributed by atoms with E-state index in [0.717, 1.165) is 28.5 Å². The van der Waals surface area contributed by atoms with E-state index in [1.165, 1.54) is 23.7 Å². The average molecular weight is 382 g/mol. The molecule has 0 radical (unpaired) electrons. The Morgan fingerprint density at radius 1 is 0.960 bits per heavy atom. The van der Waals surface area contributed by atoms with Crippen molar-refractivity contribution >= 4 is 23.3 Å². The van der Waals surface area contributed by atoms with Crippen molar-refractivity contribution in [3.63, 3.8) is 0 Å². The summed E-state index contributed by atoms with van der Waals surface area (Å²) in [6, 6.07) is 11.8. The van der Waals surface area contributed by atoms with Crippen LogP contribution in [-0.4, -0.2) is 14.5 Å². The number of phenolic OH excluding ortho intramolecular Hbond substituents is 1. The van der Waals surface area contributed by atoms with Gasteiger partial charge in [0.05, 0.1) is 5.56 Å². The van der Waals surface area contributed by atoms with E-state index in [9.17, 15) is 18.3 Å². The zero-order chi connectivity index (χ0) is 17.9. The third-order valence-corrected chi connectivity index (χ3v) is 5.28. The van der Waals surface area contributed by atoms with Gasteiger partial charge in [0, 0.05) is 17.1 Å². The summed E-state index contributed by atoms with van der Waals surface area (Å²) in [5, 5.41) is 10.1. The molecule has 1 aromatic heterocycles. The molecule has 0 aliphatic rings. The quantitative estimate of drug-likeness (QED) is 0.645. The lowest BCUT2D eigenvalue weighted by Gasteiger charge is -2.06. The predicted octanol–water partition coefficient (Wildman–Crippen LogP) is 5.36. The zero-order valence-corrected chi connectivity index (χ0v) is 14.5. The molecule has 0 spiro atoms. The van der Waals surface area contributed by atoms with E-state index in [0.29, 0.717) is 17.1 Å². The SMILES string of the molecule is Oc1ccc(CSCc2nc(-c3ccc(C(F)(F)F)cc3)ns2)cc1. The van der Waals surface area contributed by atoms with Crippen LogP contribution in [-0.2, 0) is 17.7 Å². The molecule has 1 heterocycles. The Morgan fingerprint density at radius 2 is 1.64 bits per heavy atom. The van der Waals surface area contributed by atoms with Crippen molar-refractivity contribution in [2.24, 2.45) is 0 Å². The summed E-state index contributed by atoms with van der Waals surface area (Å²) in [5.74, 6) is 2.12. The fourth-order valence-corrected chi connectivity index (χ4v) is 3.78. The zero-order valence-electron chi connectivity index (χ0n) is 12.8. The number of alkyl halides is 3. The second-order valence-corrected chi connectivity index (χ2v) is 7.07. The maximum Gasteiger partial charge on any atom is 0.416 e. The van der Waals surface area contributed by atoms with Gasteiger partial charge in [-0.3, -0.25) is 0 Å². The maximum absolute atomic E-state index is 12.6. The van der Waals surface area contributed by atoms with Gasteiger partial charge in [-0.2, -0.15) is 17.5 Å². The second kappa shape index (κ2) is 7.45. The Labute approximate surface area is 150 Å². The van der Waals surface area contributed by atoms with E-state index in [-0.39, 0.29) is 5.75 Å². The first-order valence-electron chi connectivity index (χ1n) is 7.28. The van der Waals surface area contributed by atoms with Crippen LogP contribution >= 0.6 is 23.3 Å². The van der Waals surface area contributed by atoms with Gasteiger partial charge < -0.3 is 5.11 Å². The third-order valence-electron chi connectivity index (χ3n) is 3.37. The van der Waals surface area contributed by atoms with Gasteiger partial charge in [0.15, 0.2) is 5.82 Å². The van der Waals surface area contributed by atoms with Crippen LogP contribution in [0.4, 0.5) is 13.2 Å². The molecule has 0 saturated carbocycles. The van der Waals surface area contributed by atoms with Crippen molar-refractivity contribution in [1.29, 1.82) is 0 Å². The minimum Gasteiger partial charge on any atom is -0.508 e. The van der Waals surface area contributed by atoms with E-state index in [2.05, 4.69) is 9.36 Å². The summed E-state index contributed by atoms with van der Waals surface area (Å²) >= 11 is 2.90. The molecule has 3 rings (SSSR count). The molecular weight excluding hydrogens is 369 g/mol. The summed E-state index contributed by atoms with van der Waals surface area (Å²) in [6.07, 6.45) is -4.34. The minimum absolute atomic E-state index is 0.235. The molecule has 0 amide bonds. The highest BCUT2D eigenvalue weighted by Crippen LogP contribution is 2.31. The molecule has 0 bridgehead atoms. The van der Waals surface area contributed by atoms with Crippen LogP contribution in [0.1, 0.15) is 16.1 Å². The minimum atomic E-state index is -4.34. The molecule has 0 aliphatic heterocycles. The number of hydrogen-bond acceptors (Lipinski definition) is 5. The van der Waals surface area contributed by atoms with Crippen LogP contribution in [0.5, 0.6) is 5.75 Å². The summed E-state index contributed by atoms with van der Waals surface area (Å²) in [4.78, 5) is 4.38. The highest BCUT2D eigenvalue weighted by Gasteiger charge is 2.30. The number of aromatic hydroxyl groups is 1. The first kappa shape index (κ1) is 17.8. The molecular formula is C17H13F3N2OS2. The Bertz CT molecular complexity index is 830. The molecule has 1 N–H and O–H groups in total. The van der Waals surface area contributed by atoms with Crippen LogP contribution in [0.25, 0.3) is 11.4 Å². The number of phenols is 1. The first-order chi connectivity index (χ1) is 11.9. The molecule has 0 aliphatic carbocycles. The number of thioether (sulfide) groups is 1. The monoisotopic (exact) mass is 382 g/mol. The smallest absolute Gasteiger partial charge is 0.416 e. The molecule has 0 saturated heterocycles. The fraction of sp³-hybridized carbons (Fsp3) is 0.176. The van der Waals surface area contributed by atoms with Gasteiger partial charge >= 0.3 is 6.18 Å². The largest absolute Gasteiger partial charge is 0.508 e. The van der Waals surface area contributed by atoms with Crippen molar-refractivity contribution in [2.75, 3.05) is 0 Å². The lowest BCUT2D eigenvalue weighted by molar-refractivity contribution is -0.137. The first-order valence-corrected chi connectivity index (χ1v) is 9.20. The molecule has 0 atom stereocenters. The maximum atomic E-state index is 12.6. The number of benzene rings is 2. The second-order valence-electron chi connectivity index (χ2n) is 5.25. The summed E-state index contributed by atoms with van der Waals surface area (Å²) in [7, 11) is 0. The van der Waals surface area contributed by atoms with Crippen molar-refractivity contribution in [3.8, 4) is 17.1 Å². The Hall–Kier alpha value is -2.06. The number of hydrogen-bond donors (Lipinski definition) is 1. The third kappa shape index (κ3) is 4.73. The van der Waals surface area contributed by atoms with Crippen LogP contribution in [0.2, 0.25) is 0 Å². The average Bonchev–Trinajstić information content (AvgIpc) is 3.05. The van der Waals surface area contributed by atoms with E-state index in [1.54, 1.807) is 23.9 Å². The lowest BCUT2D eigenvalue weighted by atomic mass is 10.1. The number of rotatable bonds is 5. The van der Waals surface area contributed by atoms with Gasteiger partial charge in [0.1, 0.15) is 10.8 Å². The van der Waals surface area contributed by atoms with E-state index in [4.69, 9.17) is 0 Å². The molecule has 3 nitrogen and oxygen atoms in total. The molecule has 25 heavy (non-hydrogen) atoms. The highest BCUT2D eigenvalue weighted by atomic mass is 32.2. The Morgan fingerprint density at radius 3 is 2.28 bits per heavy atom. The van der Waals surface area contributed by atoms with Crippen molar-refractivity contribution in [3.05, 3.63) is 64.7 Å². The summed E-state index contributed by atoms with van der Waals surface area (Å²) < 4.78 is 42.0. The van der Waals surface area contributed by atoms with Crippen molar-refractivity contribution in [1.82, 2.24) is 9.36 Å². The Balaban J connectivity index is 1.59. The number of aromatic nitrogens is 2. The van der Waals surface area contributed by atoms with Gasteiger partial charge in [-0.15, -0.1) is 11.8 Å². The molecule has 0 fully saturated rings. The topological polar surface area (TPSA) is 46.0 Å². The van der Waals surface area contributed by atoms with E-state index < -0.39 is 11.7 Å². The van der Waals surface area contributed by atoms with Gasteiger partial charge in [-0.05, 0) is 41.4 Å². The number of halogens is 3. The highest BCUT2D eigenvalue weighted by molar-refractivity contribution is 7.97. The van der Waals surface area contributed by atoms with Crippen molar-refractivity contribution < 1.29 is 18.3 Å².